The Morgan fingerprint density at radius 2 is 2.14 bits per heavy atom. The first kappa shape index (κ1) is 18.2. The first-order valence-electron chi connectivity index (χ1n) is 6.59. The molecule has 0 saturated heterocycles. The molecule has 3 N–H and O–H groups in total. The zero-order valence-corrected chi connectivity index (χ0v) is 12.8. The largest absolute Gasteiger partial charge is 0.411 e. The van der Waals surface area contributed by atoms with Gasteiger partial charge in [-0.1, -0.05) is 18.5 Å². The van der Waals surface area contributed by atoms with Crippen molar-refractivity contribution >= 4 is 11.6 Å². The van der Waals surface area contributed by atoms with Crippen molar-refractivity contribution in [1.29, 1.82) is 0 Å². The lowest BCUT2D eigenvalue weighted by molar-refractivity contribution is -0.174. The van der Waals surface area contributed by atoms with Gasteiger partial charge in [-0.2, -0.15) is 18.3 Å². The summed E-state index contributed by atoms with van der Waals surface area (Å²) in [7, 11) is 1.77. The number of rotatable bonds is 8. The predicted octanol–water partition coefficient (Wildman–Crippen LogP) is 1.98. The maximum Gasteiger partial charge on any atom is 0.411 e. The van der Waals surface area contributed by atoms with Crippen LogP contribution in [0.2, 0.25) is 5.02 Å². The monoisotopic (exact) mass is 328 g/mol. The number of ether oxygens (including phenoxy) is 1. The summed E-state index contributed by atoms with van der Waals surface area (Å²) in [4.78, 5) is 0. The molecule has 1 heterocycles. The van der Waals surface area contributed by atoms with Crippen molar-refractivity contribution in [3.8, 4) is 0 Å². The summed E-state index contributed by atoms with van der Waals surface area (Å²) in [5.74, 6) is 5.43. The van der Waals surface area contributed by atoms with Gasteiger partial charge in [0.1, 0.15) is 6.61 Å². The summed E-state index contributed by atoms with van der Waals surface area (Å²) in [6.07, 6.45) is -2.79. The van der Waals surface area contributed by atoms with Gasteiger partial charge in [-0.25, -0.2) is 0 Å². The average Bonchev–Trinajstić information content (AvgIpc) is 2.67. The summed E-state index contributed by atoms with van der Waals surface area (Å²) in [5, 5.41) is 4.86. The number of aryl methyl sites for hydroxylation is 2. The van der Waals surface area contributed by atoms with Crippen LogP contribution >= 0.6 is 11.6 Å². The highest BCUT2D eigenvalue weighted by atomic mass is 35.5. The highest BCUT2D eigenvalue weighted by Gasteiger charge is 2.27. The second-order valence-corrected chi connectivity index (χ2v) is 5.09. The van der Waals surface area contributed by atoms with Crippen LogP contribution in [0.15, 0.2) is 0 Å². The fourth-order valence-corrected chi connectivity index (χ4v) is 2.30. The fraction of sp³-hybridized carbons (Fsp3) is 0.750. The Kier molecular flexibility index (Phi) is 6.92. The van der Waals surface area contributed by atoms with Gasteiger partial charge < -0.3 is 4.74 Å². The molecule has 0 radical (unpaired) electrons. The smallest absolute Gasteiger partial charge is 0.372 e. The molecule has 0 spiro atoms. The normalized spacial score (nSPS) is 13.7. The number of hydrogen-bond donors (Lipinski definition) is 2. The van der Waals surface area contributed by atoms with Crippen molar-refractivity contribution in [1.82, 2.24) is 15.2 Å². The molecule has 0 aromatic carbocycles. The van der Waals surface area contributed by atoms with Crippen molar-refractivity contribution in [2.45, 2.75) is 38.4 Å². The molecule has 0 aliphatic heterocycles. The van der Waals surface area contributed by atoms with Crippen molar-refractivity contribution in [3.63, 3.8) is 0 Å². The Labute approximate surface area is 126 Å². The van der Waals surface area contributed by atoms with E-state index in [4.69, 9.17) is 17.4 Å². The van der Waals surface area contributed by atoms with E-state index in [1.165, 1.54) is 0 Å². The highest BCUT2D eigenvalue weighted by Crippen LogP contribution is 2.22. The Hall–Kier alpha value is -0.830. The van der Waals surface area contributed by atoms with Crippen LogP contribution in [0.5, 0.6) is 0 Å². The molecule has 122 valence electrons. The lowest BCUT2D eigenvalue weighted by Crippen LogP contribution is -2.38. The lowest BCUT2D eigenvalue weighted by atomic mass is 10.1. The first-order valence-corrected chi connectivity index (χ1v) is 6.97. The van der Waals surface area contributed by atoms with Crippen LogP contribution in [-0.4, -0.2) is 35.2 Å². The van der Waals surface area contributed by atoms with Gasteiger partial charge in [0.2, 0.25) is 0 Å². The van der Waals surface area contributed by atoms with Crippen molar-refractivity contribution in [3.05, 3.63) is 16.4 Å². The van der Waals surface area contributed by atoms with Gasteiger partial charge in [0.15, 0.2) is 0 Å². The van der Waals surface area contributed by atoms with E-state index in [-0.39, 0.29) is 12.6 Å². The minimum absolute atomic E-state index is 0.0372. The molecule has 0 fully saturated rings. The molecule has 0 amide bonds. The predicted molar refractivity (Wildman–Crippen MR) is 73.9 cm³/mol. The van der Waals surface area contributed by atoms with Crippen LogP contribution in [-0.2, 0) is 24.6 Å². The minimum atomic E-state index is -4.31. The molecule has 21 heavy (non-hydrogen) atoms. The third kappa shape index (κ3) is 5.82. The number of nitrogens with two attached hydrogens (primary N) is 1. The third-order valence-electron chi connectivity index (χ3n) is 3.05. The molecule has 1 aromatic rings. The van der Waals surface area contributed by atoms with Gasteiger partial charge in [0, 0.05) is 26.1 Å². The van der Waals surface area contributed by atoms with Gasteiger partial charge in [-0.3, -0.25) is 16.0 Å². The molecule has 1 unspecified atom stereocenters. The molecule has 0 aliphatic rings. The highest BCUT2D eigenvalue weighted by molar-refractivity contribution is 6.31. The van der Waals surface area contributed by atoms with Gasteiger partial charge in [0.05, 0.1) is 16.4 Å². The van der Waals surface area contributed by atoms with Crippen molar-refractivity contribution in [2.75, 3.05) is 13.2 Å². The Balaban J connectivity index is 2.53. The van der Waals surface area contributed by atoms with Crippen LogP contribution in [0.25, 0.3) is 0 Å². The number of halogens is 4. The lowest BCUT2D eigenvalue weighted by Gasteiger charge is -2.16. The zero-order chi connectivity index (χ0) is 16.0. The summed E-state index contributed by atoms with van der Waals surface area (Å²) >= 11 is 6.22. The third-order valence-corrected chi connectivity index (χ3v) is 3.49. The van der Waals surface area contributed by atoms with Gasteiger partial charge in [-0.05, 0) is 12.8 Å². The van der Waals surface area contributed by atoms with Crippen LogP contribution in [0.1, 0.15) is 24.7 Å². The second kappa shape index (κ2) is 7.98. The van der Waals surface area contributed by atoms with Crippen molar-refractivity contribution < 1.29 is 17.9 Å². The van der Waals surface area contributed by atoms with Crippen LogP contribution in [0.4, 0.5) is 13.2 Å². The number of aromatic nitrogens is 2. The van der Waals surface area contributed by atoms with Gasteiger partial charge in [0.25, 0.3) is 0 Å². The van der Waals surface area contributed by atoms with Crippen molar-refractivity contribution in [2.24, 2.45) is 12.9 Å². The maximum absolute atomic E-state index is 12.0. The molecular formula is C12H20ClF3N4O. The maximum atomic E-state index is 12.0. The molecule has 5 nitrogen and oxygen atoms in total. The molecule has 0 saturated carbocycles. The summed E-state index contributed by atoms with van der Waals surface area (Å²) in [6.45, 7) is 0.656. The molecule has 0 aliphatic carbocycles. The first-order chi connectivity index (χ1) is 9.78. The van der Waals surface area contributed by atoms with Crippen LogP contribution < -0.4 is 11.3 Å². The molecular weight excluding hydrogens is 309 g/mol. The molecule has 1 atom stereocenters. The fourth-order valence-electron chi connectivity index (χ4n) is 1.93. The van der Waals surface area contributed by atoms with E-state index in [1.54, 1.807) is 11.7 Å². The topological polar surface area (TPSA) is 65.1 Å². The number of hydrazine groups is 1. The van der Waals surface area contributed by atoms with Gasteiger partial charge in [-0.15, -0.1) is 0 Å². The zero-order valence-electron chi connectivity index (χ0n) is 12.0. The summed E-state index contributed by atoms with van der Waals surface area (Å²) in [6, 6.07) is -0.240. The average molecular weight is 329 g/mol. The van der Waals surface area contributed by atoms with E-state index in [1.807, 2.05) is 6.92 Å². The minimum Gasteiger partial charge on any atom is -0.372 e. The SMILES string of the molecule is CCc1nn(C)c(CC(CCOCC(F)(F)F)NN)c1Cl. The Bertz CT molecular complexity index is 450. The summed E-state index contributed by atoms with van der Waals surface area (Å²) < 4.78 is 42.1. The van der Waals surface area contributed by atoms with Gasteiger partial charge >= 0.3 is 6.18 Å². The standard InChI is InChI=1S/C12H20ClF3N4O/c1-3-9-11(13)10(20(2)19-9)6-8(18-17)4-5-21-7-12(14,15)16/h8,18H,3-7,17H2,1-2H3. The van der Waals surface area contributed by atoms with E-state index >= 15 is 0 Å². The number of nitrogens with one attached hydrogen (secondary N) is 1. The van der Waals surface area contributed by atoms with E-state index in [2.05, 4.69) is 15.3 Å². The van der Waals surface area contributed by atoms with Crippen LogP contribution in [0, 0.1) is 0 Å². The molecule has 0 bridgehead atoms. The van der Waals surface area contributed by atoms with E-state index in [9.17, 15) is 13.2 Å². The molecule has 1 aromatic heterocycles. The number of nitrogens with zero attached hydrogens (tertiary/aromatic N) is 2. The second-order valence-electron chi connectivity index (χ2n) is 4.71. The van der Waals surface area contributed by atoms with E-state index in [0.717, 1.165) is 11.4 Å². The Morgan fingerprint density at radius 1 is 1.48 bits per heavy atom. The summed E-state index contributed by atoms with van der Waals surface area (Å²) in [5.41, 5.74) is 4.16. The van der Waals surface area contributed by atoms with Crippen LogP contribution in [0.3, 0.4) is 0 Å². The molecule has 9 heteroatoms. The van der Waals surface area contributed by atoms with E-state index < -0.39 is 12.8 Å². The Morgan fingerprint density at radius 3 is 2.62 bits per heavy atom. The number of hydrogen-bond acceptors (Lipinski definition) is 4. The quantitative estimate of drug-likeness (QED) is 0.435. The van der Waals surface area contributed by atoms with E-state index in [0.29, 0.717) is 24.3 Å². The number of alkyl halides is 3. The molecule has 1 rings (SSSR count).